The molecule has 4 rings (SSSR count). The van der Waals surface area contributed by atoms with Crippen molar-refractivity contribution in [1.29, 1.82) is 0 Å². The van der Waals surface area contributed by atoms with Gasteiger partial charge >= 0.3 is 0 Å². The molecule has 0 aliphatic carbocycles. The first-order valence-electron chi connectivity index (χ1n) is 10.6. The Morgan fingerprint density at radius 2 is 2.10 bits per heavy atom. The van der Waals surface area contributed by atoms with Gasteiger partial charge < -0.3 is 24.4 Å². The molecule has 0 radical (unpaired) electrons. The van der Waals surface area contributed by atoms with Crippen molar-refractivity contribution in [3.8, 4) is 5.75 Å². The number of para-hydroxylation sites is 1. The number of fused-ring (bicyclic) bond motifs is 1. The predicted octanol–water partition coefficient (Wildman–Crippen LogP) is 1.32. The number of rotatable bonds is 4. The van der Waals surface area contributed by atoms with E-state index in [1.807, 2.05) is 12.1 Å². The van der Waals surface area contributed by atoms with E-state index < -0.39 is 11.6 Å². The predicted molar refractivity (Wildman–Crippen MR) is 107 cm³/mol. The van der Waals surface area contributed by atoms with Crippen LogP contribution in [0, 0.1) is 0 Å². The van der Waals surface area contributed by atoms with Crippen LogP contribution < -0.4 is 10.1 Å². The van der Waals surface area contributed by atoms with E-state index in [-0.39, 0.29) is 36.5 Å². The first kappa shape index (κ1) is 20.8. The summed E-state index contributed by atoms with van der Waals surface area (Å²) in [5.74, 6) is 0.300. The number of likely N-dealkylation sites (tertiary alicyclic amines) is 1. The molecule has 0 unspecified atom stereocenters. The van der Waals surface area contributed by atoms with Crippen molar-refractivity contribution in [2.24, 2.45) is 0 Å². The molecule has 3 aliphatic heterocycles. The lowest BCUT2D eigenvalue weighted by atomic mass is 9.84. The number of ketones is 1. The van der Waals surface area contributed by atoms with Gasteiger partial charge in [-0.1, -0.05) is 12.1 Å². The lowest BCUT2D eigenvalue weighted by Gasteiger charge is -2.37. The van der Waals surface area contributed by atoms with Gasteiger partial charge in [-0.25, -0.2) is 0 Å². The zero-order valence-electron chi connectivity index (χ0n) is 17.2. The van der Waals surface area contributed by atoms with Gasteiger partial charge in [0.25, 0.3) is 0 Å². The van der Waals surface area contributed by atoms with Gasteiger partial charge in [0.05, 0.1) is 37.9 Å². The third-order valence-electron chi connectivity index (χ3n) is 6.16. The summed E-state index contributed by atoms with van der Waals surface area (Å²) in [5.41, 5.74) is -0.100. The van der Waals surface area contributed by atoms with Gasteiger partial charge in [0.15, 0.2) is 5.78 Å². The Morgan fingerprint density at radius 3 is 2.90 bits per heavy atom. The molecule has 0 saturated carbocycles. The van der Waals surface area contributed by atoms with Crippen molar-refractivity contribution in [3.63, 3.8) is 0 Å². The highest BCUT2D eigenvalue weighted by Crippen LogP contribution is 2.39. The molecule has 2 amide bonds. The summed E-state index contributed by atoms with van der Waals surface area (Å²) in [6, 6.07) is 6.62. The molecule has 1 aromatic carbocycles. The van der Waals surface area contributed by atoms with E-state index in [4.69, 9.17) is 14.2 Å². The summed E-state index contributed by atoms with van der Waals surface area (Å²) in [6.07, 6.45) is 1.30. The molecule has 8 heteroatoms. The van der Waals surface area contributed by atoms with Gasteiger partial charge in [0.1, 0.15) is 17.4 Å². The summed E-state index contributed by atoms with van der Waals surface area (Å²) >= 11 is 0. The lowest BCUT2D eigenvalue weighted by molar-refractivity contribution is -0.140. The third-order valence-corrected chi connectivity index (χ3v) is 6.16. The van der Waals surface area contributed by atoms with Gasteiger partial charge in [-0.15, -0.1) is 0 Å². The van der Waals surface area contributed by atoms with Crippen molar-refractivity contribution in [3.05, 3.63) is 29.8 Å². The maximum Gasteiger partial charge on any atom is 0.242 e. The number of amides is 2. The smallest absolute Gasteiger partial charge is 0.242 e. The molecule has 8 nitrogen and oxygen atoms in total. The molecule has 2 fully saturated rings. The molecule has 1 N–H and O–H groups in total. The number of hydrogen-bond donors (Lipinski definition) is 1. The fraction of sp³-hybridized carbons (Fsp3) is 0.591. The van der Waals surface area contributed by atoms with Crippen LogP contribution in [0.4, 0.5) is 0 Å². The van der Waals surface area contributed by atoms with Gasteiger partial charge in [-0.3, -0.25) is 14.4 Å². The first-order valence-corrected chi connectivity index (χ1v) is 10.6. The minimum absolute atomic E-state index is 0.0400. The van der Waals surface area contributed by atoms with E-state index in [1.54, 1.807) is 24.0 Å². The van der Waals surface area contributed by atoms with Gasteiger partial charge in [-0.2, -0.15) is 0 Å². The topological polar surface area (TPSA) is 94.2 Å². The molecular weight excluding hydrogens is 388 g/mol. The van der Waals surface area contributed by atoms with Crippen LogP contribution in [0.25, 0.3) is 0 Å². The average Bonchev–Trinajstić information content (AvgIpc) is 2.91. The first-order chi connectivity index (χ1) is 14.5. The molecular formula is C22H28N2O6. The number of carbonyl (C=O) groups excluding carboxylic acids is 3. The largest absolute Gasteiger partial charge is 0.486 e. The minimum Gasteiger partial charge on any atom is -0.486 e. The number of ether oxygens (including phenoxy) is 3. The molecule has 1 aromatic rings. The molecule has 2 saturated heterocycles. The van der Waals surface area contributed by atoms with E-state index in [2.05, 4.69) is 5.32 Å². The second-order valence-electron chi connectivity index (χ2n) is 8.21. The van der Waals surface area contributed by atoms with Gasteiger partial charge in [0, 0.05) is 25.9 Å². The average molecular weight is 416 g/mol. The van der Waals surface area contributed by atoms with Crippen molar-refractivity contribution in [2.75, 3.05) is 32.9 Å². The Hall–Kier alpha value is -2.45. The minimum atomic E-state index is -0.695. The Kier molecular flexibility index (Phi) is 6.06. The number of nitrogens with one attached hydrogen (secondary N) is 1. The number of nitrogens with zero attached hydrogens (tertiary/aromatic N) is 1. The molecule has 30 heavy (non-hydrogen) atoms. The monoisotopic (exact) mass is 416 g/mol. The van der Waals surface area contributed by atoms with E-state index in [1.165, 1.54) is 0 Å². The summed E-state index contributed by atoms with van der Waals surface area (Å²) in [6.45, 7) is 3.98. The van der Waals surface area contributed by atoms with Crippen molar-refractivity contribution in [2.45, 2.75) is 50.4 Å². The van der Waals surface area contributed by atoms with Crippen LogP contribution in [0.3, 0.4) is 0 Å². The van der Waals surface area contributed by atoms with E-state index >= 15 is 0 Å². The Balaban J connectivity index is 1.39. The van der Waals surface area contributed by atoms with E-state index in [9.17, 15) is 14.4 Å². The summed E-state index contributed by atoms with van der Waals surface area (Å²) < 4.78 is 17.1. The Bertz CT molecular complexity index is 822. The summed E-state index contributed by atoms with van der Waals surface area (Å²) in [5, 5.41) is 2.86. The summed E-state index contributed by atoms with van der Waals surface area (Å²) in [4.78, 5) is 39.7. The molecule has 1 spiro atoms. The maximum atomic E-state index is 12.8. The lowest BCUT2D eigenvalue weighted by Crippen LogP contribution is -2.50. The Morgan fingerprint density at radius 1 is 1.27 bits per heavy atom. The van der Waals surface area contributed by atoms with Gasteiger partial charge in [-0.05, 0) is 25.5 Å². The van der Waals surface area contributed by atoms with Crippen LogP contribution in [0.2, 0.25) is 0 Å². The highest BCUT2D eigenvalue weighted by Gasteiger charge is 2.44. The maximum absolute atomic E-state index is 12.8. The van der Waals surface area contributed by atoms with E-state index in [0.717, 1.165) is 0 Å². The fourth-order valence-corrected chi connectivity index (χ4v) is 4.34. The van der Waals surface area contributed by atoms with Crippen LogP contribution in [0.15, 0.2) is 24.3 Å². The molecule has 0 bridgehead atoms. The number of benzene rings is 1. The Labute approximate surface area is 175 Å². The number of hydrogen-bond acceptors (Lipinski definition) is 6. The SMILES string of the molecule is C[C@H](C(=O)NC[C@H]1COCCO1)N1CC[C@@]2(CCC1=O)CC(=O)c1ccccc1O2. The van der Waals surface area contributed by atoms with Gasteiger partial charge in [0.2, 0.25) is 11.8 Å². The zero-order valence-corrected chi connectivity index (χ0v) is 17.2. The van der Waals surface area contributed by atoms with Crippen LogP contribution in [-0.2, 0) is 19.1 Å². The molecule has 0 aromatic heterocycles. The normalized spacial score (nSPS) is 27.8. The highest BCUT2D eigenvalue weighted by molar-refractivity contribution is 6.00. The summed E-state index contributed by atoms with van der Waals surface area (Å²) in [7, 11) is 0. The second-order valence-corrected chi connectivity index (χ2v) is 8.21. The molecule has 3 atom stereocenters. The standard InChI is InChI=1S/C22H28N2O6/c1-15(21(27)23-13-16-14-28-10-11-29-16)24-9-8-22(7-6-20(24)26)12-18(25)17-4-2-3-5-19(17)30-22/h2-5,15-16H,6-14H2,1H3,(H,23,27)/t15-,16+,22+/m1/s1. The highest BCUT2D eigenvalue weighted by atomic mass is 16.6. The van der Waals surface area contributed by atoms with Crippen LogP contribution in [-0.4, -0.2) is 73.2 Å². The second kappa shape index (κ2) is 8.73. The number of Topliss-reactive ketones (excluding diaryl/α,β-unsaturated/α-hetero) is 1. The van der Waals surface area contributed by atoms with Crippen molar-refractivity contribution in [1.82, 2.24) is 10.2 Å². The van der Waals surface area contributed by atoms with Crippen LogP contribution in [0.1, 0.15) is 43.0 Å². The molecule has 3 aliphatic rings. The molecule has 162 valence electrons. The fourth-order valence-electron chi connectivity index (χ4n) is 4.34. The van der Waals surface area contributed by atoms with Crippen LogP contribution >= 0.6 is 0 Å². The quantitative estimate of drug-likeness (QED) is 0.796. The number of carbonyl (C=O) groups is 3. The molecule has 3 heterocycles. The third kappa shape index (κ3) is 4.34. The zero-order chi connectivity index (χ0) is 21.1. The van der Waals surface area contributed by atoms with Crippen LogP contribution in [0.5, 0.6) is 5.75 Å². The van der Waals surface area contributed by atoms with Crippen molar-refractivity contribution < 1.29 is 28.6 Å². The van der Waals surface area contributed by atoms with E-state index in [0.29, 0.717) is 57.1 Å². The van der Waals surface area contributed by atoms with Crippen molar-refractivity contribution >= 4 is 17.6 Å².